The van der Waals surface area contributed by atoms with Crippen molar-refractivity contribution in [3.05, 3.63) is 35.9 Å². The standard InChI is InChI=1S/C14H21NO3/c1-14(2,3)10-15(13(17)18)9-12(16)11-7-5-4-6-8-11/h4-8,12,16H,9-10H2,1-3H3,(H,17,18). The second-order valence-electron chi connectivity index (χ2n) is 5.65. The molecular formula is C14H21NO3. The van der Waals surface area contributed by atoms with Crippen molar-refractivity contribution in [3.8, 4) is 0 Å². The van der Waals surface area contributed by atoms with E-state index in [1.165, 1.54) is 4.90 Å². The van der Waals surface area contributed by atoms with Gasteiger partial charge in [-0.25, -0.2) is 4.79 Å². The Morgan fingerprint density at radius 3 is 2.28 bits per heavy atom. The lowest BCUT2D eigenvalue weighted by molar-refractivity contribution is 0.0808. The molecule has 0 heterocycles. The van der Waals surface area contributed by atoms with Crippen LogP contribution in [0.1, 0.15) is 32.4 Å². The largest absolute Gasteiger partial charge is 0.465 e. The molecule has 1 unspecified atom stereocenters. The van der Waals surface area contributed by atoms with Crippen LogP contribution in [0.5, 0.6) is 0 Å². The molecule has 0 aliphatic rings. The number of aliphatic hydroxyl groups is 1. The Hall–Kier alpha value is -1.55. The van der Waals surface area contributed by atoms with Crippen LogP contribution in [-0.2, 0) is 0 Å². The highest BCUT2D eigenvalue weighted by atomic mass is 16.4. The summed E-state index contributed by atoms with van der Waals surface area (Å²) >= 11 is 0. The molecule has 4 nitrogen and oxygen atoms in total. The van der Waals surface area contributed by atoms with E-state index in [0.29, 0.717) is 6.54 Å². The molecule has 1 aromatic rings. The van der Waals surface area contributed by atoms with Gasteiger partial charge in [0, 0.05) is 6.54 Å². The van der Waals surface area contributed by atoms with E-state index in [2.05, 4.69) is 0 Å². The minimum atomic E-state index is -1.00. The summed E-state index contributed by atoms with van der Waals surface area (Å²) < 4.78 is 0. The van der Waals surface area contributed by atoms with Gasteiger partial charge in [-0.05, 0) is 11.0 Å². The zero-order chi connectivity index (χ0) is 13.8. The van der Waals surface area contributed by atoms with Gasteiger partial charge in [0.15, 0.2) is 0 Å². The third kappa shape index (κ3) is 4.75. The first-order valence-electron chi connectivity index (χ1n) is 6.00. The summed E-state index contributed by atoms with van der Waals surface area (Å²) in [6, 6.07) is 9.10. The van der Waals surface area contributed by atoms with Crippen molar-refractivity contribution in [3.63, 3.8) is 0 Å². The van der Waals surface area contributed by atoms with Gasteiger partial charge in [0.2, 0.25) is 0 Å². The summed E-state index contributed by atoms with van der Waals surface area (Å²) in [4.78, 5) is 12.4. The molecule has 0 aliphatic carbocycles. The van der Waals surface area contributed by atoms with Crippen LogP contribution in [0, 0.1) is 5.41 Å². The molecule has 0 saturated heterocycles. The molecule has 0 spiro atoms. The van der Waals surface area contributed by atoms with E-state index in [1.807, 2.05) is 39.0 Å². The summed E-state index contributed by atoms with van der Waals surface area (Å²) in [5.74, 6) is 0. The van der Waals surface area contributed by atoms with Crippen molar-refractivity contribution in [1.29, 1.82) is 0 Å². The van der Waals surface area contributed by atoms with Gasteiger partial charge in [0.25, 0.3) is 0 Å². The maximum absolute atomic E-state index is 11.2. The summed E-state index contributed by atoms with van der Waals surface area (Å²) in [6.07, 6.45) is -1.79. The van der Waals surface area contributed by atoms with Crippen LogP contribution in [0.25, 0.3) is 0 Å². The molecule has 1 amide bonds. The van der Waals surface area contributed by atoms with Gasteiger partial charge in [0.05, 0.1) is 12.6 Å². The zero-order valence-corrected chi connectivity index (χ0v) is 11.1. The topological polar surface area (TPSA) is 60.8 Å². The molecule has 0 aliphatic heterocycles. The third-order valence-corrected chi connectivity index (χ3v) is 2.51. The maximum atomic E-state index is 11.2. The number of nitrogens with zero attached hydrogens (tertiary/aromatic N) is 1. The SMILES string of the molecule is CC(C)(C)CN(CC(O)c1ccccc1)C(=O)O. The van der Waals surface area contributed by atoms with Gasteiger partial charge in [0.1, 0.15) is 0 Å². The number of benzene rings is 1. The Kier molecular flexibility index (Phi) is 4.73. The highest BCUT2D eigenvalue weighted by Gasteiger charge is 2.23. The summed E-state index contributed by atoms with van der Waals surface area (Å²) in [6.45, 7) is 6.40. The van der Waals surface area contributed by atoms with Crippen LogP contribution in [-0.4, -0.2) is 34.3 Å². The van der Waals surface area contributed by atoms with Gasteiger partial charge in [-0.2, -0.15) is 0 Å². The lowest BCUT2D eigenvalue weighted by Crippen LogP contribution is -2.39. The first kappa shape index (κ1) is 14.5. The summed E-state index contributed by atoms with van der Waals surface area (Å²) in [5, 5.41) is 19.2. The summed E-state index contributed by atoms with van der Waals surface area (Å²) in [7, 11) is 0. The molecule has 0 aromatic heterocycles. The highest BCUT2D eigenvalue weighted by molar-refractivity contribution is 5.65. The molecule has 1 rings (SSSR count). The van der Waals surface area contributed by atoms with E-state index in [4.69, 9.17) is 5.11 Å². The Morgan fingerprint density at radius 1 is 1.28 bits per heavy atom. The molecule has 0 saturated carbocycles. The van der Waals surface area contributed by atoms with Crippen LogP contribution >= 0.6 is 0 Å². The lowest BCUT2D eigenvalue weighted by Gasteiger charge is -2.29. The van der Waals surface area contributed by atoms with Gasteiger partial charge in [-0.3, -0.25) is 0 Å². The molecule has 1 atom stereocenters. The fraction of sp³-hybridized carbons (Fsp3) is 0.500. The number of carbonyl (C=O) groups is 1. The molecule has 0 bridgehead atoms. The van der Waals surface area contributed by atoms with Crippen LogP contribution in [0.4, 0.5) is 4.79 Å². The molecular weight excluding hydrogens is 230 g/mol. The van der Waals surface area contributed by atoms with Crippen LogP contribution < -0.4 is 0 Å². The van der Waals surface area contributed by atoms with E-state index >= 15 is 0 Å². The van der Waals surface area contributed by atoms with Crippen molar-refractivity contribution in [2.24, 2.45) is 5.41 Å². The number of hydrogen-bond acceptors (Lipinski definition) is 2. The number of amides is 1. The predicted octanol–water partition coefficient (Wildman–Crippen LogP) is 2.75. The minimum Gasteiger partial charge on any atom is -0.465 e. The average Bonchev–Trinajstić information content (AvgIpc) is 2.27. The van der Waals surface area contributed by atoms with E-state index in [9.17, 15) is 9.90 Å². The molecule has 0 radical (unpaired) electrons. The Bertz CT molecular complexity index is 384. The fourth-order valence-electron chi connectivity index (χ4n) is 1.77. The van der Waals surface area contributed by atoms with Crippen LogP contribution in [0.2, 0.25) is 0 Å². The minimum absolute atomic E-state index is 0.0939. The number of carboxylic acid groups (broad SMARTS) is 1. The van der Waals surface area contributed by atoms with E-state index in [0.717, 1.165) is 5.56 Å². The molecule has 0 fully saturated rings. The van der Waals surface area contributed by atoms with Crippen molar-refractivity contribution in [1.82, 2.24) is 4.90 Å². The molecule has 4 heteroatoms. The number of aliphatic hydroxyl groups excluding tert-OH is 1. The maximum Gasteiger partial charge on any atom is 0.407 e. The monoisotopic (exact) mass is 251 g/mol. The molecule has 2 N–H and O–H groups in total. The number of hydrogen-bond donors (Lipinski definition) is 2. The first-order chi connectivity index (χ1) is 8.29. The van der Waals surface area contributed by atoms with E-state index in [-0.39, 0.29) is 12.0 Å². The molecule has 100 valence electrons. The van der Waals surface area contributed by atoms with Crippen molar-refractivity contribution in [2.45, 2.75) is 26.9 Å². The molecule has 1 aromatic carbocycles. The van der Waals surface area contributed by atoms with Gasteiger partial charge in [-0.1, -0.05) is 51.1 Å². The van der Waals surface area contributed by atoms with E-state index in [1.54, 1.807) is 12.1 Å². The average molecular weight is 251 g/mol. The van der Waals surface area contributed by atoms with Crippen molar-refractivity contribution >= 4 is 6.09 Å². The Labute approximate surface area is 108 Å². The lowest BCUT2D eigenvalue weighted by atomic mass is 9.96. The van der Waals surface area contributed by atoms with Gasteiger partial charge < -0.3 is 15.1 Å². The zero-order valence-electron chi connectivity index (χ0n) is 11.1. The predicted molar refractivity (Wildman–Crippen MR) is 70.5 cm³/mol. The molecule has 18 heavy (non-hydrogen) atoms. The Morgan fingerprint density at radius 2 is 1.83 bits per heavy atom. The van der Waals surface area contributed by atoms with Crippen molar-refractivity contribution in [2.75, 3.05) is 13.1 Å². The quantitative estimate of drug-likeness (QED) is 0.865. The van der Waals surface area contributed by atoms with Gasteiger partial charge >= 0.3 is 6.09 Å². The van der Waals surface area contributed by atoms with Gasteiger partial charge in [-0.15, -0.1) is 0 Å². The fourth-order valence-corrected chi connectivity index (χ4v) is 1.77. The summed E-state index contributed by atoms with van der Waals surface area (Å²) in [5.41, 5.74) is 0.604. The Balaban J connectivity index is 2.70. The van der Waals surface area contributed by atoms with Crippen LogP contribution in [0.15, 0.2) is 30.3 Å². The first-order valence-corrected chi connectivity index (χ1v) is 6.00. The van der Waals surface area contributed by atoms with Crippen molar-refractivity contribution < 1.29 is 15.0 Å². The third-order valence-electron chi connectivity index (χ3n) is 2.51. The highest BCUT2D eigenvalue weighted by Crippen LogP contribution is 2.19. The normalized spacial score (nSPS) is 13.1. The second-order valence-corrected chi connectivity index (χ2v) is 5.65. The second kappa shape index (κ2) is 5.87. The number of rotatable bonds is 4. The van der Waals surface area contributed by atoms with E-state index < -0.39 is 12.2 Å². The smallest absolute Gasteiger partial charge is 0.407 e. The van der Waals surface area contributed by atoms with Crippen LogP contribution in [0.3, 0.4) is 0 Å².